The SMILES string of the molecule is CCc1ccc(C(=O)COC(=O)CN2C(=O)c3cc(Cl)c(Cl)cc3C2=O)cc1. The van der Waals surface area contributed by atoms with E-state index in [0.29, 0.717) is 5.56 Å². The normalized spacial score (nSPS) is 12.9. The minimum atomic E-state index is -0.870. The average Bonchev–Trinajstić information content (AvgIpc) is 2.91. The summed E-state index contributed by atoms with van der Waals surface area (Å²) in [5, 5.41) is 0.261. The second-order valence-electron chi connectivity index (χ2n) is 6.14. The van der Waals surface area contributed by atoms with Gasteiger partial charge in [-0.3, -0.25) is 24.1 Å². The van der Waals surface area contributed by atoms with Crippen molar-refractivity contribution in [3.8, 4) is 0 Å². The molecule has 8 heteroatoms. The summed E-state index contributed by atoms with van der Waals surface area (Å²) in [6.45, 7) is 0.911. The number of carbonyl (C=O) groups excluding carboxylic acids is 4. The molecule has 1 aliphatic heterocycles. The molecular weight excluding hydrogens is 405 g/mol. The molecule has 0 saturated heterocycles. The van der Waals surface area contributed by atoms with Gasteiger partial charge in [-0.1, -0.05) is 54.4 Å². The smallest absolute Gasteiger partial charge is 0.326 e. The van der Waals surface area contributed by atoms with Crippen LogP contribution in [0.4, 0.5) is 0 Å². The fourth-order valence-corrected chi connectivity index (χ4v) is 3.09. The van der Waals surface area contributed by atoms with Gasteiger partial charge < -0.3 is 4.74 Å². The Morgan fingerprint density at radius 3 is 2.00 bits per heavy atom. The van der Waals surface area contributed by atoms with Crippen molar-refractivity contribution in [1.82, 2.24) is 4.90 Å². The predicted molar refractivity (Wildman–Crippen MR) is 103 cm³/mol. The topological polar surface area (TPSA) is 80.8 Å². The molecule has 144 valence electrons. The number of hydrogen-bond donors (Lipinski definition) is 0. The summed E-state index contributed by atoms with van der Waals surface area (Å²) < 4.78 is 4.93. The molecule has 0 spiro atoms. The molecule has 28 heavy (non-hydrogen) atoms. The first-order valence-electron chi connectivity index (χ1n) is 8.44. The quantitative estimate of drug-likeness (QED) is 0.406. The first-order valence-corrected chi connectivity index (χ1v) is 9.20. The summed E-state index contributed by atoms with van der Waals surface area (Å²) in [4.78, 5) is 49.6. The van der Waals surface area contributed by atoms with E-state index in [9.17, 15) is 19.2 Å². The summed E-state index contributed by atoms with van der Waals surface area (Å²) in [5.41, 5.74) is 1.63. The van der Waals surface area contributed by atoms with Crippen LogP contribution in [0.3, 0.4) is 0 Å². The first kappa shape index (κ1) is 20.0. The van der Waals surface area contributed by atoms with Crippen LogP contribution in [-0.2, 0) is 16.0 Å². The number of fused-ring (bicyclic) bond motifs is 1. The van der Waals surface area contributed by atoms with Gasteiger partial charge in [-0.25, -0.2) is 0 Å². The van der Waals surface area contributed by atoms with E-state index in [-0.39, 0.29) is 27.0 Å². The Bertz CT molecular complexity index is 944. The van der Waals surface area contributed by atoms with E-state index in [0.717, 1.165) is 16.9 Å². The van der Waals surface area contributed by atoms with Crippen LogP contribution in [-0.4, -0.2) is 41.6 Å². The zero-order chi connectivity index (χ0) is 20.4. The van der Waals surface area contributed by atoms with Crippen LogP contribution in [0.2, 0.25) is 10.0 Å². The molecule has 0 bridgehead atoms. The molecular formula is C20H15Cl2NO5. The third kappa shape index (κ3) is 3.93. The molecule has 0 radical (unpaired) electrons. The number of rotatable bonds is 6. The summed E-state index contributed by atoms with van der Waals surface area (Å²) >= 11 is 11.8. The molecule has 2 aromatic rings. The summed E-state index contributed by atoms with van der Waals surface area (Å²) in [6, 6.07) is 9.54. The van der Waals surface area contributed by atoms with Crippen LogP contribution in [0, 0.1) is 0 Å². The number of nitrogens with zero attached hydrogens (tertiary/aromatic N) is 1. The Morgan fingerprint density at radius 2 is 1.50 bits per heavy atom. The average molecular weight is 420 g/mol. The van der Waals surface area contributed by atoms with Crippen molar-refractivity contribution in [3.63, 3.8) is 0 Å². The highest BCUT2D eigenvalue weighted by molar-refractivity contribution is 6.43. The van der Waals surface area contributed by atoms with Gasteiger partial charge in [0, 0.05) is 5.56 Å². The molecule has 6 nitrogen and oxygen atoms in total. The molecule has 0 fully saturated rings. The zero-order valence-electron chi connectivity index (χ0n) is 14.8. The van der Waals surface area contributed by atoms with Gasteiger partial charge in [0.15, 0.2) is 12.4 Å². The second-order valence-corrected chi connectivity index (χ2v) is 6.96. The van der Waals surface area contributed by atoms with Crippen molar-refractivity contribution in [2.45, 2.75) is 13.3 Å². The summed E-state index contributed by atoms with van der Waals surface area (Å²) in [7, 11) is 0. The first-order chi connectivity index (χ1) is 13.3. The van der Waals surface area contributed by atoms with Crippen molar-refractivity contribution < 1.29 is 23.9 Å². The number of halogens is 2. The van der Waals surface area contributed by atoms with Crippen LogP contribution < -0.4 is 0 Å². The molecule has 1 aliphatic rings. The number of ketones is 1. The molecule has 2 amide bonds. The van der Waals surface area contributed by atoms with Gasteiger partial charge in [0.1, 0.15) is 6.54 Å². The maximum absolute atomic E-state index is 12.4. The van der Waals surface area contributed by atoms with E-state index in [2.05, 4.69) is 0 Å². The number of esters is 1. The third-order valence-electron chi connectivity index (χ3n) is 4.35. The number of Topliss-reactive ketones (excluding diaryl/α,β-unsaturated/α-hetero) is 1. The van der Waals surface area contributed by atoms with Crippen LogP contribution in [0.5, 0.6) is 0 Å². The van der Waals surface area contributed by atoms with Gasteiger partial charge in [0.25, 0.3) is 11.8 Å². The van der Waals surface area contributed by atoms with Gasteiger partial charge in [-0.15, -0.1) is 0 Å². The van der Waals surface area contributed by atoms with E-state index < -0.39 is 30.9 Å². The van der Waals surface area contributed by atoms with Gasteiger partial charge >= 0.3 is 5.97 Å². The van der Waals surface area contributed by atoms with E-state index in [1.165, 1.54) is 12.1 Å². The second kappa shape index (κ2) is 8.12. The van der Waals surface area contributed by atoms with Crippen molar-refractivity contribution in [3.05, 3.63) is 68.7 Å². The van der Waals surface area contributed by atoms with Crippen LogP contribution >= 0.6 is 23.2 Å². The maximum atomic E-state index is 12.4. The summed E-state index contributed by atoms with van der Waals surface area (Å²) in [6.07, 6.45) is 0.847. The van der Waals surface area contributed by atoms with Crippen molar-refractivity contribution in [1.29, 1.82) is 0 Å². The van der Waals surface area contributed by atoms with Crippen molar-refractivity contribution in [2.75, 3.05) is 13.2 Å². The Morgan fingerprint density at radius 1 is 0.964 bits per heavy atom. The molecule has 1 heterocycles. The maximum Gasteiger partial charge on any atom is 0.326 e. The lowest BCUT2D eigenvalue weighted by Crippen LogP contribution is -2.36. The van der Waals surface area contributed by atoms with E-state index in [1.54, 1.807) is 12.1 Å². The minimum Gasteiger partial charge on any atom is -0.456 e. The van der Waals surface area contributed by atoms with Gasteiger partial charge in [0.2, 0.25) is 0 Å². The number of hydrogen-bond acceptors (Lipinski definition) is 5. The number of imide groups is 1. The fraction of sp³-hybridized carbons (Fsp3) is 0.200. The molecule has 0 saturated carbocycles. The lowest BCUT2D eigenvalue weighted by Gasteiger charge is -2.12. The Balaban J connectivity index is 1.61. The van der Waals surface area contributed by atoms with Gasteiger partial charge in [-0.2, -0.15) is 0 Å². The molecule has 0 aromatic heterocycles. The Kier molecular flexibility index (Phi) is 5.82. The zero-order valence-corrected chi connectivity index (χ0v) is 16.3. The largest absolute Gasteiger partial charge is 0.456 e. The molecule has 2 aromatic carbocycles. The van der Waals surface area contributed by atoms with Crippen LogP contribution in [0.15, 0.2) is 36.4 Å². The molecule has 0 aliphatic carbocycles. The van der Waals surface area contributed by atoms with E-state index >= 15 is 0 Å². The van der Waals surface area contributed by atoms with E-state index in [1.807, 2.05) is 19.1 Å². The fourth-order valence-electron chi connectivity index (χ4n) is 2.76. The highest BCUT2D eigenvalue weighted by atomic mass is 35.5. The molecule has 0 N–H and O–H groups in total. The Labute approximate surface area is 171 Å². The molecule has 0 unspecified atom stereocenters. The summed E-state index contributed by atoms with van der Waals surface area (Å²) in [5.74, 6) is -2.59. The van der Waals surface area contributed by atoms with E-state index in [4.69, 9.17) is 27.9 Å². The monoisotopic (exact) mass is 419 g/mol. The predicted octanol–water partition coefficient (Wildman–Crippen LogP) is 3.58. The minimum absolute atomic E-state index is 0.0688. The highest BCUT2D eigenvalue weighted by Crippen LogP contribution is 2.31. The van der Waals surface area contributed by atoms with Crippen LogP contribution in [0.1, 0.15) is 43.6 Å². The van der Waals surface area contributed by atoms with Crippen LogP contribution in [0.25, 0.3) is 0 Å². The molecule has 0 atom stereocenters. The third-order valence-corrected chi connectivity index (χ3v) is 5.07. The number of aryl methyl sites for hydroxylation is 1. The number of amides is 2. The van der Waals surface area contributed by atoms with Gasteiger partial charge in [0.05, 0.1) is 21.2 Å². The highest BCUT2D eigenvalue weighted by Gasteiger charge is 2.37. The lowest BCUT2D eigenvalue weighted by atomic mass is 10.1. The van der Waals surface area contributed by atoms with Gasteiger partial charge in [-0.05, 0) is 24.1 Å². The number of ether oxygens (including phenoxy) is 1. The van der Waals surface area contributed by atoms with Crippen molar-refractivity contribution in [2.24, 2.45) is 0 Å². The standard InChI is InChI=1S/C20H15Cl2NO5/c1-2-11-3-5-12(6-4-11)17(24)10-28-18(25)9-23-19(26)13-7-15(21)16(22)8-14(13)20(23)27/h3-8H,2,9-10H2,1H3. The molecule has 3 rings (SSSR count). The van der Waals surface area contributed by atoms with Crippen molar-refractivity contribution >= 4 is 46.8 Å². The number of carbonyl (C=O) groups is 4. The number of benzene rings is 2. The Hall–Kier alpha value is -2.70. The lowest BCUT2D eigenvalue weighted by molar-refractivity contribution is -0.142.